The second-order valence-electron chi connectivity index (χ2n) is 5.88. The molecule has 8 heteroatoms. The first-order chi connectivity index (χ1) is 13.4. The summed E-state index contributed by atoms with van der Waals surface area (Å²) in [5, 5.41) is 9.02. The summed E-state index contributed by atoms with van der Waals surface area (Å²) < 4.78 is 45.3. The highest BCUT2D eigenvalue weighted by atomic mass is 19.4. The molecule has 3 rings (SSSR count). The number of benzene rings is 2. The van der Waals surface area contributed by atoms with E-state index < -0.39 is 17.6 Å². The normalized spacial score (nSPS) is 11.0. The second-order valence-corrected chi connectivity index (χ2v) is 5.88. The van der Waals surface area contributed by atoms with Gasteiger partial charge in [-0.05, 0) is 23.8 Å². The zero-order valence-electron chi connectivity index (χ0n) is 14.8. The lowest BCUT2D eigenvalue weighted by atomic mass is 10.2. The molecule has 0 aliphatic heterocycles. The fourth-order valence-corrected chi connectivity index (χ4v) is 2.45. The van der Waals surface area contributed by atoms with Crippen molar-refractivity contribution in [3.8, 4) is 11.9 Å². The molecule has 0 spiro atoms. The summed E-state index contributed by atoms with van der Waals surface area (Å²) in [6.45, 7) is -0.0615. The molecule has 2 aromatic carbocycles. The van der Waals surface area contributed by atoms with E-state index in [1.165, 1.54) is 4.90 Å². The van der Waals surface area contributed by atoms with Crippen molar-refractivity contribution in [3.63, 3.8) is 0 Å². The minimum absolute atomic E-state index is 0.0196. The van der Waals surface area contributed by atoms with E-state index in [1.807, 2.05) is 6.07 Å². The van der Waals surface area contributed by atoms with E-state index in [1.54, 1.807) is 61.6 Å². The molecule has 0 unspecified atom stereocenters. The van der Waals surface area contributed by atoms with Gasteiger partial charge >= 0.3 is 6.18 Å². The van der Waals surface area contributed by atoms with Gasteiger partial charge in [-0.15, -0.1) is 0 Å². The average molecular weight is 384 g/mol. The number of hydrogen-bond acceptors (Lipinski definition) is 5. The Morgan fingerprint density at radius 2 is 1.86 bits per heavy atom. The first-order valence-electron chi connectivity index (χ1n) is 8.23. The summed E-state index contributed by atoms with van der Waals surface area (Å²) >= 11 is 0. The number of rotatable bonds is 5. The Bertz CT molecular complexity index is 1000. The molecular formula is C20H15F3N4O. The van der Waals surface area contributed by atoms with Crippen LogP contribution in [-0.2, 0) is 12.8 Å². The maximum Gasteiger partial charge on any atom is 0.423 e. The fourth-order valence-electron chi connectivity index (χ4n) is 2.45. The summed E-state index contributed by atoms with van der Waals surface area (Å²) in [4.78, 5) is 9.28. The van der Waals surface area contributed by atoms with Crippen molar-refractivity contribution < 1.29 is 17.9 Å². The fraction of sp³-hybridized carbons (Fsp3) is 0.150. The van der Waals surface area contributed by atoms with E-state index in [-0.39, 0.29) is 12.6 Å². The molecule has 0 saturated carbocycles. The zero-order valence-corrected chi connectivity index (χ0v) is 14.8. The number of halogens is 3. The third-order valence-electron chi connectivity index (χ3n) is 3.93. The second kappa shape index (κ2) is 7.96. The predicted molar refractivity (Wildman–Crippen MR) is 97.0 cm³/mol. The van der Waals surface area contributed by atoms with Gasteiger partial charge in [-0.1, -0.05) is 36.4 Å². The minimum Gasteiger partial charge on any atom is -0.472 e. The molecular weight excluding hydrogens is 369 g/mol. The van der Waals surface area contributed by atoms with Gasteiger partial charge in [0.2, 0.25) is 11.8 Å². The Hall–Kier alpha value is -3.60. The molecule has 5 nitrogen and oxygen atoms in total. The van der Waals surface area contributed by atoms with E-state index in [2.05, 4.69) is 9.97 Å². The lowest BCUT2D eigenvalue weighted by Gasteiger charge is -2.20. The van der Waals surface area contributed by atoms with Crippen molar-refractivity contribution in [2.45, 2.75) is 12.8 Å². The molecule has 0 aliphatic rings. The Morgan fingerprint density at radius 1 is 1.11 bits per heavy atom. The molecule has 3 aromatic rings. The first-order valence-corrected chi connectivity index (χ1v) is 8.23. The molecule has 0 N–H and O–H groups in total. The topological polar surface area (TPSA) is 62.0 Å². The number of aromatic nitrogens is 2. The van der Waals surface area contributed by atoms with Gasteiger partial charge in [-0.2, -0.15) is 23.4 Å². The largest absolute Gasteiger partial charge is 0.472 e. The lowest BCUT2D eigenvalue weighted by molar-refractivity contribution is -0.139. The third kappa shape index (κ3) is 4.38. The summed E-state index contributed by atoms with van der Waals surface area (Å²) in [6, 6.07) is 17.4. The van der Waals surface area contributed by atoms with Crippen molar-refractivity contribution >= 4 is 11.6 Å². The van der Waals surface area contributed by atoms with Crippen LogP contribution in [0.25, 0.3) is 0 Å². The van der Waals surface area contributed by atoms with Crippen LogP contribution in [0, 0.1) is 11.3 Å². The standard InChI is InChI=1S/C20H15F3N4O/c1-27(16-9-5-8-15(10-16)11-24)19-25-12-17(20(21,22)23)18(26-19)28-13-14-6-3-2-4-7-14/h2-10,12H,13H2,1H3. The summed E-state index contributed by atoms with van der Waals surface area (Å²) in [6.07, 6.45) is -3.95. The molecule has 0 bridgehead atoms. The number of ether oxygens (including phenoxy) is 1. The number of alkyl halides is 3. The SMILES string of the molecule is CN(c1cccc(C#N)c1)c1ncc(C(F)(F)F)c(OCc2ccccc2)n1. The van der Waals surface area contributed by atoms with Crippen LogP contribution < -0.4 is 9.64 Å². The molecule has 0 atom stereocenters. The van der Waals surface area contributed by atoms with Crippen LogP contribution in [-0.4, -0.2) is 17.0 Å². The van der Waals surface area contributed by atoms with Crippen LogP contribution in [0.5, 0.6) is 5.88 Å². The number of anilines is 2. The summed E-state index contributed by atoms with van der Waals surface area (Å²) in [7, 11) is 1.60. The maximum atomic E-state index is 13.3. The van der Waals surface area contributed by atoms with Crippen molar-refractivity contribution in [1.29, 1.82) is 5.26 Å². The van der Waals surface area contributed by atoms with Crippen LogP contribution >= 0.6 is 0 Å². The average Bonchev–Trinajstić information content (AvgIpc) is 2.71. The highest BCUT2D eigenvalue weighted by Gasteiger charge is 2.36. The van der Waals surface area contributed by atoms with Crippen molar-refractivity contribution in [1.82, 2.24) is 9.97 Å². The van der Waals surface area contributed by atoms with Gasteiger partial charge in [0.05, 0.1) is 11.6 Å². The van der Waals surface area contributed by atoms with Crippen LogP contribution in [0.1, 0.15) is 16.7 Å². The molecule has 0 aliphatic carbocycles. The predicted octanol–water partition coefficient (Wildman–Crippen LogP) is 4.71. The molecule has 1 heterocycles. The van der Waals surface area contributed by atoms with Crippen molar-refractivity contribution in [2.24, 2.45) is 0 Å². The molecule has 142 valence electrons. The third-order valence-corrected chi connectivity index (χ3v) is 3.93. The van der Waals surface area contributed by atoms with E-state index in [0.29, 0.717) is 23.0 Å². The van der Waals surface area contributed by atoms with Gasteiger partial charge in [-0.3, -0.25) is 0 Å². The van der Waals surface area contributed by atoms with Gasteiger partial charge in [0.25, 0.3) is 0 Å². The van der Waals surface area contributed by atoms with Gasteiger partial charge in [-0.25, -0.2) is 4.98 Å². The Labute approximate surface area is 159 Å². The molecule has 0 saturated heterocycles. The quantitative estimate of drug-likeness (QED) is 0.637. The van der Waals surface area contributed by atoms with Gasteiger partial charge < -0.3 is 9.64 Å². The minimum atomic E-state index is -4.65. The smallest absolute Gasteiger partial charge is 0.423 e. The molecule has 28 heavy (non-hydrogen) atoms. The number of nitriles is 1. The van der Waals surface area contributed by atoms with Crippen LogP contribution in [0.4, 0.5) is 24.8 Å². The molecule has 0 amide bonds. The molecule has 1 aromatic heterocycles. The van der Waals surface area contributed by atoms with Gasteiger partial charge in [0, 0.05) is 18.9 Å². The Kier molecular flexibility index (Phi) is 5.45. The van der Waals surface area contributed by atoms with Crippen molar-refractivity contribution in [2.75, 3.05) is 11.9 Å². The zero-order chi connectivity index (χ0) is 20.1. The van der Waals surface area contributed by atoms with E-state index in [4.69, 9.17) is 10.00 Å². The number of hydrogen-bond donors (Lipinski definition) is 0. The highest BCUT2D eigenvalue weighted by molar-refractivity contribution is 5.59. The van der Waals surface area contributed by atoms with Gasteiger partial charge in [0.15, 0.2) is 0 Å². The lowest BCUT2D eigenvalue weighted by Crippen LogP contribution is -2.17. The van der Waals surface area contributed by atoms with Gasteiger partial charge in [0.1, 0.15) is 12.2 Å². The van der Waals surface area contributed by atoms with Crippen LogP contribution in [0.2, 0.25) is 0 Å². The van der Waals surface area contributed by atoms with E-state index in [0.717, 1.165) is 0 Å². The van der Waals surface area contributed by atoms with E-state index in [9.17, 15) is 13.2 Å². The molecule has 0 fully saturated rings. The first kappa shape index (κ1) is 19.2. The monoisotopic (exact) mass is 384 g/mol. The van der Waals surface area contributed by atoms with E-state index >= 15 is 0 Å². The Morgan fingerprint density at radius 3 is 2.54 bits per heavy atom. The maximum absolute atomic E-state index is 13.3. The van der Waals surface area contributed by atoms with Crippen molar-refractivity contribution in [3.05, 3.63) is 77.5 Å². The highest BCUT2D eigenvalue weighted by Crippen LogP contribution is 2.36. The van der Waals surface area contributed by atoms with Crippen LogP contribution in [0.15, 0.2) is 60.8 Å². The Balaban J connectivity index is 1.93. The van der Waals surface area contributed by atoms with Crippen LogP contribution in [0.3, 0.4) is 0 Å². The molecule has 0 radical (unpaired) electrons. The summed E-state index contributed by atoms with van der Waals surface area (Å²) in [5.41, 5.74) is 0.641. The number of nitrogens with zero attached hydrogens (tertiary/aromatic N) is 4. The summed E-state index contributed by atoms with van der Waals surface area (Å²) in [5.74, 6) is -0.532.